The smallest absolute Gasteiger partial charge is 0.237 e. The van der Waals surface area contributed by atoms with Crippen LogP contribution in [0.2, 0.25) is 0 Å². The largest absolute Gasteiger partial charge is 0.352 e. The van der Waals surface area contributed by atoms with Crippen molar-refractivity contribution in [1.82, 2.24) is 10.2 Å². The summed E-state index contributed by atoms with van der Waals surface area (Å²) in [6, 6.07) is 2.21. The van der Waals surface area contributed by atoms with Gasteiger partial charge in [-0.05, 0) is 39.5 Å². The second-order valence-corrected chi connectivity index (χ2v) is 4.87. The molecule has 1 aliphatic heterocycles. The number of piperidine rings is 1. The number of likely N-dealkylation sites (tertiary alicyclic amines) is 1. The molecule has 1 N–H and O–H groups in total. The van der Waals surface area contributed by atoms with Gasteiger partial charge in [-0.2, -0.15) is 5.26 Å². The van der Waals surface area contributed by atoms with Crippen LogP contribution in [0.4, 0.5) is 0 Å². The standard InChI is InChI=1S/C13H23N3O/c1-4-10(2)15-13(17)11(3)16-8-6-5-7-12(16)9-14/h10-12H,4-8H2,1-3H3,(H,15,17). The molecule has 1 fully saturated rings. The molecule has 1 amide bonds. The van der Waals surface area contributed by atoms with E-state index in [-0.39, 0.29) is 24.0 Å². The molecule has 3 atom stereocenters. The van der Waals surface area contributed by atoms with E-state index in [4.69, 9.17) is 5.26 Å². The minimum atomic E-state index is -0.200. The van der Waals surface area contributed by atoms with Crippen LogP contribution in [0.3, 0.4) is 0 Å². The van der Waals surface area contributed by atoms with Crippen LogP contribution in [0, 0.1) is 11.3 Å². The Morgan fingerprint density at radius 2 is 2.24 bits per heavy atom. The number of nitriles is 1. The van der Waals surface area contributed by atoms with Crippen molar-refractivity contribution < 1.29 is 4.79 Å². The van der Waals surface area contributed by atoms with Crippen molar-refractivity contribution in [3.05, 3.63) is 0 Å². The monoisotopic (exact) mass is 237 g/mol. The first-order valence-electron chi connectivity index (χ1n) is 6.55. The van der Waals surface area contributed by atoms with E-state index in [1.165, 1.54) is 0 Å². The highest BCUT2D eigenvalue weighted by molar-refractivity contribution is 5.81. The summed E-state index contributed by atoms with van der Waals surface area (Å²) in [5, 5.41) is 12.1. The van der Waals surface area contributed by atoms with E-state index in [0.717, 1.165) is 32.2 Å². The topological polar surface area (TPSA) is 56.1 Å². The molecule has 4 heteroatoms. The summed E-state index contributed by atoms with van der Waals surface area (Å²) in [4.78, 5) is 14.0. The van der Waals surface area contributed by atoms with E-state index in [2.05, 4.69) is 18.3 Å². The molecule has 0 aromatic carbocycles. The van der Waals surface area contributed by atoms with Gasteiger partial charge in [0.25, 0.3) is 0 Å². The summed E-state index contributed by atoms with van der Waals surface area (Å²) in [5.74, 6) is 0.0431. The Labute approximate surface area is 104 Å². The molecule has 1 heterocycles. The molecule has 1 rings (SSSR count). The summed E-state index contributed by atoms with van der Waals surface area (Å²) < 4.78 is 0. The molecular weight excluding hydrogens is 214 g/mol. The lowest BCUT2D eigenvalue weighted by atomic mass is 10.0. The predicted octanol–water partition coefficient (Wildman–Crippen LogP) is 1.67. The van der Waals surface area contributed by atoms with Crippen LogP contribution in [0.25, 0.3) is 0 Å². The molecule has 0 aromatic rings. The maximum Gasteiger partial charge on any atom is 0.237 e. The van der Waals surface area contributed by atoms with Crippen LogP contribution in [0.15, 0.2) is 0 Å². The molecular formula is C13H23N3O. The van der Waals surface area contributed by atoms with Crippen LogP contribution >= 0.6 is 0 Å². The second-order valence-electron chi connectivity index (χ2n) is 4.87. The first kappa shape index (κ1) is 14.0. The zero-order chi connectivity index (χ0) is 12.8. The lowest BCUT2D eigenvalue weighted by Crippen LogP contribution is -2.52. The van der Waals surface area contributed by atoms with Crippen molar-refractivity contribution in [2.75, 3.05) is 6.54 Å². The lowest BCUT2D eigenvalue weighted by Gasteiger charge is -2.35. The van der Waals surface area contributed by atoms with Gasteiger partial charge >= 0.3 is 0 Å². The molecule has 4 nitrogen and oxygen atoms in total. The van der Waals surface area contributed by atoms with Crippen LogP contribution in [-0.4, -0.2) is 35.5 Å². The Hall–Kier alpha value is -1.08. The number of nitrogens with one attached hydrogen (secondary N) is 1. The molecule has 3 unspecified atom stereocenters. The molecule has 0 radical (unpaired) electrons. The van der Waals surface area contributed by atoms with Gasteiger partial charge in [0.15, 0.2) is 0 Å². The van der Waals surface area contributed by atoms with Crippen molar-refractivity contribution in [3.63, 3.8) is 0 Å². The highest BCUT2D eigenvalue weighted by atomic mass is 16.2. The Balaban J connectivity index is 2.58. The maximum atomic E-state index is 12.0. The van der Waals surface area contributed by atoms with Gasteiger partial charge in [0.2, 0.25) is 5.91 Å². The number of hydrogen-bond acceptors (Lipinski definition) is 3. The van der Waals surface area contributed by atoms with Crippen LogP contribution in [-0.2, 0) is 4.79 Å². The number of nitrogens with zero attached hydrogens (tertiary/aromatic N) is 2. The Kier molecular flexibility index (Phi) is 5.43. The average molecular weight is 237 g/mol. The molecule has 0 aromatic heterocycles. The lowest BCUT2D eigenvalue weighted by molar-refractivity contribution is -0.127. The summed E-state index contributed by atoms with van der Waals surface area (Å²) in [5.41, 5.74) is 0. The zero-order valence-corrected chi connectivity index (χ0v) is 11.1. The third-order valence-corrected chi connectivity index (χ3v) is 3.57. The van der Waals surface area contributed by atoms with Crippen molar-refractivity contribution >= 4 is 5.91 Å². The first-order valence-corrected chi connectivity index (χ1v) is 6.55. The van der Waals surface area contributed by atoms with Crippen molar-refractivity contribution in [1.29, 1.82) is 5.26 Å². The number of carbonyl (C=O) groups excluding carboxylic acids is 1. The fourth-order valence-corrected chi connectivity index (χ4v) is 2.17. The van der Waals surface area contributed by atoms with Gasteiger partial charge in [0, 0.05) is 12.6 Å². The molecule has 0 aliphatic carbocycles. The first-order chi connectivity index (χ1) is 8.10. The van der Waals surface area contributed by atoms with E-state index >= 15 is 0 Å². The molecule has 96 valence electrons. The van der Waals surface area contributed by atoms with E-state index in [9.17, 15) is 4.79 Å². The van der Waals surface area contributed by atoms with Crippen molar-refractivity contribution in [2.24, 2.45) is 0 Å². The summed E-state index contributed by atoms with van der Waals surface area (Å²) in [6.45, 7) is 6.80. The maximum absolute atomic E-state index is 12.0. The second kappa shape index (κ2) is 6.61. The number of carbonyl (C=O) groups is 1. The molecule has 0 bridgehead atoms. The van der Waals surface area contributed by atoms with Crippen molar-refractivity contribution in [2.45, 2.75) is 64.6 Å². The van der Waals surface area contributed by atoms with Gasteiger partial charge in [-0.3, -0.25) is 9.69 Å². The quantitative estimate of drug-likeness (QED) is 0.809. The van der Waals surface area contributed by atoms with Gasteiger partial charge in [0.1, 0.15) is 0 Å². The summed E-state index contributed by atoms with van der Waals surface area (Å²) in [6.07, 6.45) is 3.99. The molecule has 1 aliphatic rings. The van der Waals surface area contributed by atoms with Gasteiger partial charge < -0.3 is 5.32 Å². The van der Waals surface area contributed by atoms with E-state index in [1.54, 1.807) is 0 Å². The third kappa shape index (κ3) is 3.71. The Morgan fingerprint density at radius 3 is 2.82 bits per heavy atom. The van der Waals surface area contributed by atoms with E-state index < -0.39 is 0 Å². The zero-order valence-electron chi connectivity index (χ0n) is 11.1. The molecule has 1 saturated heterocycles. The average Bonchev–Trinajstić information content (AvgIpc) is 2.37. The number of rotatable bonds is 4. The Bertz CT molecular complexity index is 298. The van der Waals surface area contributed by atoms with Gasteiger partial charge in [0.05, 0.1) is 18.2 Å². The highest BCUT2D eigenvalue weighted by Crippen LogP contribution is 2.19. The van der Waals surface area contributed by atoms with Crippen LogP contribution in [0.5, 0.6) is 0 Å². The third-order valence-electron chi connectivity index (χ3n) is 3.57. The van der Waals surface area contributed by atoms with Crippen LogP contribution in [0.1, 0.15) is 46.5 Å². The molecule has 17 heavy (non-hydrogen) atoms. The van der Waals surface area contributed by atoms with Gasteiger partial charge in [-0.25, -0.2) is 0 Å². The number of hydrogen-bond donors (Lipinski definition) is 1. The highest BCUT2D eigenvalue weighted by Gasteiger charge is 2.30. The van der Waals surface area contributed by atoms with E-state index in [0.29, 0.717) is 0 Å². The van der Waals surface area contributed by atoms with Crippen molar-refractivity contribution in [3.8, 4) is 6.07 Å². The fourth-order valence-electron chi connectivity index (χ4n) is 2.17. The molecule has 0 spiro atoms. The minimum absolute atomic E-state index is 0.0431. The van der Waals surface area contributed by atoms with Gasteiger partial charge in [-0.15, -0.1) is 0 Å². The predicted molar refractivity (Wildman–Crippen MR) is 67.3 cm³/mol. The Morgan fingerprint density at radius 1 is 1.53 bits per heavy atom. The SMILES string of the molecule is CCC(C)NC(=O)C(C)N1CCCCC1C#N. The van der Waals surface area contributed by atoms with Crippen LogP contribution < -0.4 is 5.32 Å². The summed E-state index contributed by atoms with van der Waals surface area (Å²) in [7, 11) is 0. The normalized spacial score (nSPS) is 24.7. The van der Waals surface area contributed by atoms with Gasteiger partial charge in [-0.1, -0.05) is 6.92 Å². The fraction of sp³-hybridized carbons (Fsp3) is 0.846. The van der Waals surface area contributed by atoms with E-state index in [1.807, 2.05) is 18.7 Å². The number of amides is 1. The minimum Gasteiger partial charge on any atom is -0.352 e. The molecule has 0 saturated carbocycles. The summed E-state index contributed by atoms with van der Waals surface area (Å²) >= 11 is 0.